The fourth-order valence-electron chi connectivity index (χ4n) is 3.39. The van der Waals surface area contributed by atoms with E-state index in [-0.39, 0.29) is 28.2 Å². The molecule has 0 bridgehead atoms. The molecule has 0 aliphatic heterocycles. The van der Waals surface area contributed by atoms with Crippen molar-refractivity contribution >= 4 is 50.7 Å². The number of amides is 2. The van der Waals surface area contributed by atoms with Gasteiger partial charge >= 0.3 is 0 Å². The molecule has 10 heteroatoms. The molecule has 0 spiro atoms. The third-order valence-electron chi connectivity index (χ3n) is 5.36. The number of anilines is 1. The van der Waals surface area contributed by atoms with Crippen LogP contribution in [-0.2, 0) is 26.0 Å². The number of nitrogens with one attached hydrogen (secondary N) is 1. The Morgan fingerprint density at radius 2 is 1.74 bits per heavy atom. The molecular weight excluding hydrogens is 497 g/mol. The van der Waals surface area contributed by atoms with Crippen LogP contribution < -0.4 is 9.62 Å². The molecule has 0 heterocycles. The summed E-state index contributed by atoms with van der Waals surface area (Å²) in [5.41, 5.74) is 1.10. The van der Waals surface area contributed by atoms with Crippen molar-refractivity contribution in [1.29, 1.82) is 0 Å². The van der Waals surface area contributed by atoms with Crippen LogP contribution in [0, 0.1) is 0 Å². The topological polar surface area (TPSA) is 86.8 Å². The Kier molecular flexibility index (Phi) is 10.7. The molecule has 2 aromatic carbocycles. The number of rotatable bonds is 12. The third kappa shape index (κ3) is 7.89. The highest BCUT2D eigenvalue weighted by atomic mass is 35.5. The fraction of sp³-hybridized carbons (Fsp3) is 0.417. The van der Waals surface area contributed by atoms with Gasteiger partial charge in [-0.2, -0.15) is 0 Å². The van der Waals surface area contributed by atoms with Gasteiger partial charge in [0.2, 0.25) is 21.8 Å². The van der Waals surface area contributed by atoms with Gasteiger partial charge in [0.05, 0.1) is 22.0 Å². The monoisotopic (exact) mass is 527 g/mol. The molecule has 1 N–H and O–H groups in total. The van der Waals surface area contributed by atoms with E-state index in [9.17, 15) is 18.0 Å². The Hall–Kier alpha value is -2.29. The molecule has 0 saturated heterocycles. The van der Waals surface area contributed by atoms with E-state index in [4.69, 9.17) is 23.2 Å². The number of sulfonamides is 1. The minimum atomic E-state index is -3.87. The lowest BCUT2D eigenvalue weighted by atomic mass is 10.1. The molecule has 1 atom stereocenters. The summed E-state index contributed by atoms with van der Waals surface area (Å²) < 4.78 is 26.1. The lowest BCUT2D eigenvalue weighted by Gasteiger charge is -2.31. The van der Waals surface area contributed by atoms with Gasteiger partial charge < -0.3 is 10.2 Å². The second-order valence-corrected chi connectivity index (χ2v) is 10.7. The third-order valence-corrected chi connectivity index (χ3v) is 7.30. The molecular formula is C24H31Cl2N3O4S. The Morgan fingerprint density at radius 1 is 1.06 bits per heavy atom. The molecule has 0 fully saturated rings. The molecule has 7 nitrogen and oxygen atoms in total. The summed E-state index contributed by atoms with van der Waals surface area (Å²) in [5, 5.41) is 3.05. The standard InChI is InChI=1S/C24H31Cl2N3O4S/c1-4-5-15-27-24(31)18(2)28(16-14-19-10-7-6-8-11-19)22(30)17-29(34(3,32)33)21-13-9-12-20(25)23(21)26/h6-13,18H,4-5,14-17H2,1-3H3,(H,27,31)/t18-/m0/s1. The first kappa shape index (κ1) is 28.0. The molecule has 0 radical (unpaired) electrons. The molecule has 34 heavy (non-hydrogen) atoms. The maximum atomic E-state index is 13.4. The summed E-state index contributed by atoms with van der Waals surface area (Å²) in [4.78, 5) is 27.6. The van der Waals surface area contributed by atoms with Gasteiger partial charge in [-0.15, -0.1) is 0 Å². The summed E-state index contributed by atoms with van der Waals surface area (Å²) in [6.45, 7) is 3.90. The summed E-state index contributed by atoms with van der Waals surface area (Å²) in [7, 11) is -3.87. The number of benzene rings is 2. The number of unbranched alkanes of at least 4 members (excludes halogenated alkanes) is 1. The average Bonchev–Trinajstić information content (AvgIpc) is 2.79. The van der Waals surface area contributed by atoms with E-state index < -0.39 is 28.5 Å². The zero-order valence-electron chi connectivity index (χ0n) is 19.6. The normalized spacial score (nSPS) is 12.1. The number of hydrogen-bond acceptors (Lipinski definition) is 4. The Morgan fingerprint density at radius 3 is 2.35 bits per heavy atom. The van der Waals surface area contributed by atoms with E-state index in [1.807, 2.05) is 37.3 Å². The molecule has 186 valence electrons. The van der Waals surface area contributed by atoms with Crippen LogP contribution in [0.3, 0.4) is 0 Å². The minimum absolute atomic E-state index is 0.0311. The molecule has 2 aromatic rings. The second-order valence-electron chi connectivity index (χ2n) is 7.99. The van der Waals surface area contributed by atoms with Crippen molar-refractivity contribution in [3.05, 3.63) is 64.1 Å². The van der Waals surface area contributed by atoms with Crippen LogP contribution in [0.15, 0.2) is 48.5 Å². The van der Waals surface area contributed by atoms with Crippen molar-refractivity contribution in [3.8, 4) is 0 Å². The van der Waals surface area contributed by atoms with Crippen molar-refractivity contribution in [1.82, 2.24) is 10.2 Å². The van der Waals surface area contributed by atoms with Crippen LogP contribution in [0.2, 0.25) is 10.0 Å². The fourth-order valence-corrected chi connectivity index (χ4v) is 4.69. The summed E-state index contributed by atoms with van der Waals surface area (Å²) in [6.07, 6.45) is 3.25. The zero-order valence-corrected chi connectivity index (χ0v) is 22.0. The van der Waals surface area contributed by atoms with Gasteiger partial charge in [-0.1, -0.05) is 72.9 Å². The molecule has 0 saturated carbocycles. The first-order chi connectivity index (χ1) is 16.1. The smallest absolute Gasteiger partial charge is 0.244 e. The lowest BCUT2D eigenvalue weighted by molar-refractivity contribution is -0.138. The van der Waals surface area contributed by atoms with Crippen LogP contribution in [-0.4, -0.2) is 57.1 Å². The van der Waals surface area contributed by atoms with Crippen molar-refractivity contribution in [2.75, 3.05) is 30.2 Å². The van der Waals surface area contributed by atoms with Crippen LogP contribution in [0.4, 0.5) is 5.69 Å². The average molecular weight is 529 g/mol. The minimum Gasteiger partial charge on any atom is -0.354 e. The number of nitrogens with zero attached hydrogens (tertiary/aromatic N) is 2. The van der Waals surface area contributed by atoms with Gasteiger partial charge in [0.15, 0.2) is 0 Å². The van der Waals surface area contributed by atoms with Crippen molar-refractivity contribution in [2.45, 2.75) is 39.2 Å². The van der Waals surface area contributed by atoms with E-state index in [0.29, 0.717) is 13.0 Å². The largest absolute Gasteiger partial charge is 0.354 e. The predicted octanol–water partition coefficient (Wildman–Crippen LogP) is 4.14. The highest BCUT2D eigenvalue weighted by Gasteiger charge is 2.30. The summed E-state index contributed by atoms with van der Waals surface area (Å²) >= 11 is 12.3. The van der Waals surface area contributed by atoms with E-state index >= 15 is 0 Å². The van der Waals surface area contributed by atoms with Crippen LogP contribution in [0.25, 0.3) is 0 Å². The number of hydrogen-bond donors (Lipinski definition) is 1. The first-order valence-corrected chi connectivity index (χ1v) is 13.7. The van der Waals surface area contributed by atoms with Gasteiger partial charge in [-0.25, -0.2) is 8.42 Å². The van der Waals surface area contributed by atoms with Crippen molar-refractivity contribution in [3.63, 3.8) is 0 Å². The summed E-state index contributed by atoms with van der Waals surface area (Å²) in [6, 6.07) is 13.3. The van der Waals surface area contributed by atoms with Gasteiger partial charge in [-0.05, 0) is 37.5 Å². The highest BCUT2D eigenvalue weighted by molar-refractivity contribution is 7.92. The molecule has 2 rings (SSSR count). The van der Waals surface area contributed by atoms with Gasteiger partial charge in [0.1, 0.15) is 12.6 Å². The van der Waals surface area contributed by atoms with Gasteiger partial charge in [0, 0.05) is 13.1 Å². The van der Waals surface area contributed by atoms with E-state index in [2.05, 4.69) is 5.32 Å². The molecule has 0 aliphatic carbocycles. The Balaban J connectivity index is 2.31. The molecule has 2 amide bonds. The van der Waals surface area contributed by atoms with Gasteiger partial charge in [-0.3, -0.25) is 13.9 Å². The molecule has 0 aromatic heterocycles. The molecule has 0 unspecified atom stereocenters. The van der Waals surface area contributed by atoms with Crippen LogP contribution in [0.1, 0.15) is 32.3 Å². The number of carbonyl (C=O) groups is 2. The van der Waals surface area contributed by atoms with Gasteiger partial charge in [0.25, 0.3) is 0 Å². The second kappa shape index (κ2) is 13.0. The zero-order chi connectivity index (χ0) is 25.3. The van der Waals surface area contributed by atoms with E-state index in [1.165, 1.54) is 17.0 Å². The van der Waals surface area contributed by atoms with Crippen molar-refractivity contribution in [2.24, 2.45) is 0 Å². The quantitative estimate of drug-likeness (QED) is 0.420. The predicted molar refractivity (Wildman–Crippen MR) is 138 cm³/mol. The van der Waals surface area contributed by atoms with Crippen LogP contribution >= 0.6 is 23.2 Å². The van der Waals surface area contributed by atoms with Crippen LogP contribution in [0.5, 0.6) is 0 Å². The lowest BCUT2D eigenvalue weighted by Crippen LogP contribution is -2.52. The van der Waals surface area contributed by atoms with E-state index in [0.717, 1.165) is 29.0 Å². The van der Waals surface area contributed by atoms with Crippen molar-refractivity contribution < 1.29 is 18.0 Å². The Bertz CT molecular complexity index is 1080. The Labute approximate surface area is 212 Å². The highest BCUT2D eigenvalue weighted by Crippen LogP contribution is 2.33. The number of carbonyl (C=O) groups excluding carboxylic acids is 2. The maximum absolute atomic E-state index is 13.4. The first-order valence-electron chi connectivity index (χ1n) is 11.1. The van der Waals surface area contributed by atoms with E-state index in [1.54, 1.807) is 13.0 Å². The summed E-state index contributed by atoms with van der Waals surface area (Å²) in [5.74, 6) is -0.808. The SMILES string of the molecule is CCCCNC(=O)[C@H](C)N(CCc1ccccc1)C(=O)CN(c1cccc(Cl)c1Cl)S(C)(=O)=O. The maximum Gasteiger partial charge on any atom is 0.244 e. The number of halogens is 2. The molecule has 0 aliphatic rings.